The second-order valence-electron chi connectivity index (χ2n) is 6.13. The molecule has 6 heteroatoms. The van der Waals surface area contributed by atoms with Gasteiger partial charge in [-0.05, 0) is 42.7 Å². The molecular formula is C19H19ClN4O. The highest BCUT2D eigenvalue weighted by Crippen LogP contribution is 2.22. The molecule has 0 spiro atoms. The molecule has 0 atom stereocenters. The maximum absolute atomic E-state index is 12.4. The van der Waals surface area contributed by atoms with E-state index in [4.69, 9.17) is 16.9 Å². The molecule has 1 fully saturated rings. The number of piperidine rings is 1. The highest BCUT2D eigenvalue weighted by atomic mass is 35.5. The van der Waals surface area contributed by atoms with Crippen LogP contribution in [0.4, 0.5) is 5.82 Å². The molecule has 1 N–H and O–H groups in total. The Kier molecular flexibility index (Phi) is 5.52. The number of nitriles is 1. The van der Waals surface area contributed by atoms with Gasteiger partial charge in [-0.1, -0.05) is 23.7 Å². The van der Waals surface area contributed by atoms with Gasteiger partial charge in [0, 0.05) is 36.8 Å². The first-order chi connectivity index (χ1) is 12.2. The van der Waals surface area contributed by atoms with Gasteiger partial charge in [0.2, 0.25) is 5.91 Å². The number of carbonyl (C=O) groups excluding carboxylic acids is 1. The van der Waals surface area contributed by atoms with Crippen molar-refractivity contribution in [2.75, 3.05) is 18.0 Å². The molecule has 1 aliphatic rings. The molecular weight excluding hydrogens is 336 g/mol. The van der Waals surface area contributed by atoms with Crippen LogP contribution in [0.15, 0.2) is 42.6 Å². The highest BCUT2D eigenvalue weighted by Gasteiger charge is 2.25. The third-order valence-electron chi connectivity index (χ3n) is 4.42. The lowest BCUT2D eigenvalue weighted by Gasteiger charge is -2.32. The van der Waals surface area contributed by atoms with E-state index in [9.17, 15) is 4.79 Å². The molecule has 128 valence electrons. The van der Waals surface area contributed by atoms with E-state index in [1.165, 1.54) is 0 Å². The average Bonchev–Trinajstić information content (AvgIpc) is 2.66. The quantitative estimate of drug-likeness (QED) is 0.915. The summed E-state index contributed by atoms with van der Waals surface area (Å²) in [5.74, 6) is 0.970. The van der Waals surface area contributed by atoms with Gasteiger partial charge in [0.05, 0.1) is 5.56 Å². The number of rotatable bonds is 4. The standard InChI is InChI=1S/C19H19ClN4O/c20-17-3-1-2-14(10-17)12-23-19(25)16-6-8-24(9-7-16)18-5-4-15(11-21)13-22-18/h1-5,10,13,16H,6-9,12H2,(H,23,25). The Labute approximate surface area is 152 Å². The zero-order valence-corrected chi connectivity index (χ0v) is 14.5. The van der Waals surface area contributed by atoms with E-state index in [0.717, 1.165) is 37.3 Å². The van der Waals surface area contributed by atoms with Crippen LogP contribution in [0.1, 0.15) is 24.0 Å². The largest absolute Gasteiger partial charge is 0.357 e. The summed E-state index contributed by atoms with van der Waals surface area (Å²) < 4.78 is 0. The van der Waals surface area contributed by atoms with Gasteiger partial charge in [-0.2, -0.15) is 5.26 Å². The minimum atomic E-state index is 0.0221. The summed E-state index contributed by atoms with van der Waals surface area (Å²) in [5.41, 5.74) is 1.55. The van der Waals surface area contributed by atoms with Crippen LogP contribution in [0.3, 0.4) is 0 Å². The van der Waals surface area contributed by atoms with Crippen molar-refractivity contribution in [2.24, 2.45) is 5.92 Å². The molecule has 2 aromatic rings. The number of hydrogen-bond acceptors (Lipinski definition) is 4. The van der Waals surface area contributed by atoms with Crippen molar-refractivity contribution in [3.05, 3.63) is 58.7 Å². The van der Waals surface area contributed by atoms with Crippen molar-refractivity contribution in [2.45, 2.75) is 19.4 Å². The van der Waals surface area contributed by atoms with E-state index in [2.05, 4.69) is 21.3 Å². The maximum Gasteiger partial charge on any atom is 0.223 e. The van der Waals surface area contributed by atoms with Crippen molar-refractivity contribution < 1.29 is 4.79 Å². The third kappa shape index (κ3) is 4.49. The van der Waals surface area contributed by atoms with Gasteiger partial charge in [-0.3, -0.25) is 4.79 Å². The number of hydrogen-bond donors (Lipinski definition) is 1. The van der Waals surface area contributed by atoms with E-state index in [0.29, 0.717) is 17.1 Å². The molecule has 1 saturated heterocycles. The lowest BCUT2D eigenvalue weighted by molar-refractivity contribution is -0.125. The molecule has 0 aliphatic carbocycles. The van der Waals surface area contributed by atoms with Gasteiger partial charge in [0.25, 0.3) is 0 Å². The predicted octanol–water partition coefficient (Wildman–Crippen LogP) is 3.14. The third-order valence-corrected chi connectivity index (χ3v) is 4.66. The van der Waals surface area contributed by atoms with Gasteiger partial charge in [0.15, 0.2) is 0 Å². The highest BCUT2D eigenvalue weighted by molar-refractivity contribution is 6.30. The fourth-order valence-corrected chi connectivity index (χ4v) is 3.20. The summed E-state index contributed by atoms with van der Waals surface area (Å²) in [5, 5.41) is 12.5. The fourth-order valence-electron chi connectivity index (χ4n) is 2.99. The van der Waals surface area contributed by atoms with Gasteiger partial charge in [-0.15, -0.1) is 0 Å². The van der Waals surface area contributed by atoms with Crippen LogP contribution in [0.25, 0.3) is 0 Å². The van der Waals surface area contributed by atoms with E-state index < -0.39 is 0 Å². The first kappa shape index (κ1) is 17.2. The normalized spacial score (nSPS) is 14.8. The molecule has 1 aromatic heterocycles. The number of halogens is 1. The van der Waals surface area contributed by atoms with E-state index >= 15 is 0 Å². The van der Waals surface area contributed by atoms with Crippen LogP contribution in [-0.2, 0) is 11.3 Å². The summed E-state index contributed by atoms with van der Waals surface area (Å²) in [7, 11) is 0. The lowest BCUT2D eigenvalue weighted by atomic mass is 9.95. The number of carbonyl (C=O) groups is 1. The molecule has 1 amide bonds. The lowest BCUT2D eigenvalue weighted by Crippen LogP contribution is -2.40. The van der Waals surface area contributed by atoms with E-state index in [1.807, 2.05) is 30.3 Å². The summed E-state index contributed by atoms with van der Waals surface area (Å²) >= 11 is 5.96. The number of anilines is 1. The number of nitrogens with zero attached hydrogens (tertiary/aromatic N) is 3. The Morgan fingerprint density at radius 2 is 2.12 bits per heavy atom. The Hall–Kier alpha value is -2.58. The van der Waals surface area contributed by atoms with E-state index in [1.54, 1.807) is 12.3 Å². The average molecular weight is 355 g/mol. The monoisotopic (exact) mass is 354 g/mol. The fraction of sp³-hybridized carbons (Fsp3) is 0.316. The van der Waals surface area contributed by atoms with Crippen molar-refractivity contribution in [1.29, 1.82) is 5.26 Å². The van der Waals surface area contributed by atoms with Crippen molar-refractivity contribution in [1.82, 2.24) is 10.3 Å². The minimum absolute atomic E-state index is 0.0221. The first-order valence-corrected chi connectivity index (χ1v) is 8.67. The first-order valence-electron chi connectivity index (χ1n) is 8.29. The molecule has 0 saturated carbocycles. The van der Waals surface area contributed by atoms with Crippen LogP contribution in [-0.4, -0.2) is 24.0 Å². The molecule has 0 unspecified atom stereocenters. The van der Waals surface area contributed by atoms with Crippen molar-refractivity contribution in [3.8, 4) is 6.07 Å². The summed E-state index contributed by atoms with van der Waals surface area (Å²) in [6.45, 7) is 2.07. The van der Waals surface area contributed by atoms with Crippen LogP contribution in [0.2, 0.25) is 5.02 Å². The van der Waals surface area contributed by atoms with Crippen LogP contribution in [0, 0.1) is 17.2 Å². The minimum Gasteiger partial charge on any atom is -0.357 e. The molecule has 1 aliphatic heterocycles. The van der Waals surface area contributed by atoms with Gasteiger partial charge >= 0.3 is 0 Å². The zero-order valence-electron chi connectivity index (χ0n) is 13.8. The smallest absolute Gasteiger partial charge is 0.223 e. The predicted molar refractivity (Wildman–Crippen MR) is 97.2 cm³/mol. The summed E-state index contributed by atoms with van der Waals surface area (Å²) in [4.78, 5) is 18.8. The van der Waals surface area contributed by atoms with Gasteiger partial charge in [0.1, 0.15) is 11.9 Å². The van der Waals surface area contributed by atoms with Crippen LogP contribution < -0.4 is 10.2 Å². The number of nitrogens with one attached hydrogen (secondary N) is 1. The SMILES string of the molecule is N#Cc1ccc(N2CCC(C(=O)NCc3cccc(Cl)c3)CC2)nc1. The number of pyridine rings is 1. The summed E-state index contributed by atoms with van der Waals surface area (Å²) in [6, 6.07) is 13.2. The molecule has 3 rings (SSSR count). The molecule has 5 nitrogen and oxygen atoms in total. The molecule has 0 bridgehead atoms. The second-order valence-corrected chi connectivity index (χ2v) is 6.56. The summed E-state index contributed by atoms with van der Waals surface area (Å²) in [6.07, 6.45) is 3.17. The molecule has 1 aromatic carbocycles. The topological polar surface area (TPSA) is 69.0 Å². The van der Waals surface area contributed by atoms with Crippen LogP contribution >= 0.6 is 11.6 Å². The second kappa shape index (κ2) is 8.00. The Morgan fingerprint density at radius 1 is 1.32 bits per heavy atom. The van der Waals surface area contributed by atoms with Crippen molar-refractivity contribution >= 4 is 23.3 Å². The van der Waals surface area contributed by atoms with Crippen molar-refractivity contribution in [3.63, 3.8) is 0 Å². The Morgan fingerprint density at radius 3 is 2.76 bits per heavy atom. The van der Waals surface area contributed by atoms with Crippen LogP contribution in [0.5, 0.6) is 0 Å². The van der Waals surface area contributed by atoms with Gasteiger partial charge in [-0.25, -0.2) is 4.98 Å². The Bertz CT molecular complexity index is 777. The molecule has 2 heterocycles. The van der Waals surface area contributed by atoms with Gasteiger partial charge < -0.3 is 10.2 Å². The number of amides is 1. The number of aromatic nitrogens is 1. The molecule has 0 radical (unpaired) electrons. The van der Waals surface area contributed by atoms with E-state index in [-0.39, 0.29) is 11.8 Å². The number of benzene rings is 1. The maximum atomic E-state index is 12.4. The molecule has 25 heavy (non-hydrogen) atoms. The Balaban J connectivity index is 1.49. The zero-order chi connectivity index (χ0) is 17.6.